The molecule has 1 saturated heterocycles. The molecule has 5 heteroatoms. The molecule has 3 rings (SSSR count). The van der Waals surface area contributed by atoms with Gasteiger partial charge in [0.25, 0.3) is 0 Å². The van der Waals surface area contributed by atoms with Crippen molar-refractivity contribution in [3.8, 4) is 0 Å². The summed E-state index contributed by atoms with van der Waals surface area (Å²) in [6.07, 6.45) is 4.97. The summed E-state index contributed by atoms with van der Waals surface area (Å²) in [5.74, 6) is 2.35. The first-order valence-electron chi connectivity index (χ1n) is 9.05. The maximum atomic E-state index is 12.1. The van der Waals surface area contributed by atoms with Crippen LogP contribution in [0.15, 0.2) is 24.3 Å². The third-order valence-corrected chi connectivity index (χ3v) is 6.02. The van der Waals surface area contributed by atoms with E-state index in [1.54, 1.807) is 0 Å². The molecule has 4 nitrogen and oxygen atoms in total. The molecular weight excluding hydrogens is 320 g/mol. The van der Waals surface area contributed by atoms with Gasteiger partial charge in [-0.3, -0.25) is 4.79 Å². The van der Waals surface area contributed by atoms with E-state index in [9.17, 15) is 9.90 Å². The Bertz CT molecular complexity index is 535. The number of anilines is 1. The number of amides is 1. The molecule has 0 unspecified atom stereocenters. The van der Waals surface area contributed by atoms with Crippen LogP contribution in [-0.2, 0) is 11.3 Å². The lowest BCUT2D eigenvalue weighted by Gasteiger charge is -2.31. The van der Waals surface area contributed by atoms with Gasteiger partial charge in [0.05, 0.1) is 12.0 Å². The molecule has 1 aromatic carbocycles. The summed E-state index contributed by atoms with van der Waals surface area (Å²) in [6, 6.07) is 8.47. The molecule has 1 amide bonds. The molecule has 2 aliphatic rings. The van der Waals surface area contributed by atoms with Crippen LogP contribution in [0.2, 0.25) is 0 Å². The molecule has 1 aromatic rings. The minimum atomic E-state index is -0.779. The molecule has 1 aliphatic heterocycles. The zero-order valence-corrected chi connectivity index (χ0v) is 15.1. The number of carbonyl (C=O) groups excluding carboxylic acids is 1. The maximum Gasteiger partial charge on any atom is 0.223 e. The number of thioether (sulfide) groups is 1. The molecule has 1 saturated carbocycles. The Hall–Kier alpha value is -1.20. The lowest BCUT2D eigenvalue weighted by atomic mass is 9.82. The van der Waals surface area contributed by atoms with Crippen LogP contribution in [0.1, 0.15) is 44.1 Å². The first-order chi connectivity index (χ1) is 11.6. The Labute approximate surface area is 149 Å². The van der Waals surface area contributed by atoms with Gasteiger partial charge in [-0.2, -0.15) is 11.8 Å². The number of hydrogen-bond acceptors (Lipinski definition) is 4. The van der Waals surface area contributed by atoms with Crippen LogP contribution < -0.4 is 10.2 Å². The SMILES string of the molecule is O=C(CC1(O)CCCCC1)NCc1ccc(N2CCSCC2)cc1. The van der Waals surface area contributed by atoms with Gasteiger partial charge in [-0.15, -0.1) is 0 Å². The number of nitrogens with zero attached hydrogens (tertiary/aromatic N) is 1. The third-order valence-electron chi connectivity index (χ3n) is 5.08. The van der Waals surface area contributed by atoms with E-state index in [1.165, 1.54) is 23.6 Å². The molecule has 132 valence electrons. The quantitative estimate of drug-likeness (QED) is 0.859. The van der Waals surface area contributed by atoms with Gasteiger partial charge in [-0.25, -0.2) is 0 Å². The zero-order valence-electron chi connectivity index (χ0n) is 14.3. The Morgan fingerprint density at radius 1 is 1.12 bits per heavy atom. The van der Waals surface area contributed by atoms with E-state index in [0.717, 1.165) is 44.3 Å². The van der Waals surface area contributed by atoms with Crippen molar-refractivity contribution in [2.45, 2.75) is 50.7 Å². The van der Waals surface area contributed by atoms with E-state index in [2.05, 4.69) is 34.5 Å². The first-order valence-corrected chi connectivity index (χ1v) is 10.2. The van der Waals surface area contributed by atoms with Gasteiger partial charge in [-0.1, -0.05) is 31.4 Å². The zero-order chi connectivity index (χ0) is 16.8. The van der Waals surface area contributed by atoms with Crippen LogP contribution in [0, 0.1) is 0 Å². The van der Waals surface area contributed by atoms with Crippen molar-refractivity contribution in [3.63, 3.8) is 0 Å². The van der Waals surface area contributed by atoms with Crippen LogP contribution in [0.4, 0.5) is 5.69 Å². The largest absolute Gasteiger partial charge is 0.389 e. The summed E-state index contributed by atoms with van der Waals surface area (Å²) in [5, 5.41) is 13.4. The predicted octanol–water partition coefficient (Wildman–Crippen LogP) is 2.94. The summed E-state index contributed by atoms with van der Waals surface area (Å²) in [5.41, 5.74) is 1.59. The van der Waals surface area contributed by atoms with E-state index < -0.39 is 5.60 Å². The fourth-order valence-corrected chi connectivity index (χ4v) is 4.50. The van der Waals surface area contributed by atoms with Crippen LogP contribution in [0.3, 0.4) is 0 Å². The van der Waals surface area contributed by atoms with Crippen molar-refractivity contribution in [3.05, 3.63) is 29.8 Å². The van der Waals surface area contributed by atoms with Crippen molar-refractivity contribution in [1.82, 2.24) is 5.32 Å². The van der Waals surface area contributed by atoms with E-state index in [1.807, 2.05) is 11.8 Å². The normalized spacial score (nSPS) is 20.6. The van der Waals surface area contributed by atoms with Gasteiger partial charge in [0, 0.05) is 36.8 Å². The van der Waals surface area contributed by atoms with Crippen LogP contribution in [0.25, 0.3) is 0 Å². The van der Waals surface area contributed by atoms with Crippen molar-refractivity contribution < 1.29 is 9.90 Å². The second-order valence-electron chi connectivity index (χ2n) is 7.00. The lowest BCUT2D eigenvalue weighted by molar-refractivity contribution is -0.127. The fraction of sp³-hybridized carbons (Fsp3) is 0.632. The lowest BCUT2D eigenvalue weighted by Crippen LogP contribution is -2.38. The van der Waals surface area contributed by atoms with Crippen molar-refractivity contribution >= 4 is 23.4 Å². The van der Waals surface area contributed by atoms with Crippen LogP contribution >= 0.6 is 11.8 Å². The molecule has 0 spiro atoms. The fourth-order valence-electron chi connectivity index (χ4n) is 3.59. The standard InChI is InChI=1S/C19H28N2O2S/c22-18(14-19(23)8-2-1-3-9-19)20-15-16-4-6-17(7-5-16)21-10-12-24-13-11-21/h4-7,23H,1-3,8-15H2,(H,20,22). The Morgan fingerprint density at radius 2 is 1.79 bits per heavy atom. The number of aliphatic hydroxyl groups is 1. The average molecular weight is 349 g/mol. The van der Waals surface area contributed by atoms with E-state index in [4.69, 9.17) is 0 Å². The summed E-state index contributed by atoms with van der Waals surface area (Å²) in [7, 11) is 0. The molecule has 0 atom stereocenters. The summed E-state index contributed by atoms with van der Waals surface area (Å²) in [4.78, 5) is 14.5. The summed E-state index contributed by atoms with van der Waals surface area (Å²) in [6.45, 7) is 2.75. The molecule has 24 heavy (non-hydrogen) atoms. The number of hydrogen-bond donors (Lipinski definition) is 2. The van der Waals surface area contributed by atoms with Crippen molar-refractivity contribution in [2.24, 2.45) is 0 Å². The number of nitrogens with one attached hydrogen (secondary N) is 1. The van der Waals surface area contributed by atoms with Crippen molar-refractivity contribution in [1.29, 1.82) is 0 Å². The molecule has 2 N–H and O–H groups in total. The second kappa shape index (κ2) is 8.26. The molecular formula is C19H28N2O2S. The Morgan fingerprint density at radius 3 is 2.46 bits per heavy atom. The minimum absolute atomic E-state index is 0.0449. The van der Waals surface area contributed by atoms with Gasteiger partial charge in [-0.05, 0) is 30.5 Å². The molecule has 0 bridgehead atoms. The third kappa shape index (κ3) is 4.90. The maximum absolute atomic E-state index is 12.1. The van der Waals surface area contributed by atoms with Crippen molar-refractivity contribution in [2.75, 3.05) is 29.5 Å². The highest BCUT2D eigenvalue weighted by Crippen LogP contribution is 2.30. The summed E-state index contributed by atoms with van der Waals surface area (Å²) >= 11 is 2.01. The monoisotopic (exact) mass is 348 g/mol. The topological polar surface area (TPSA) is 52.6 Å². The minimum Gasteiger partial charge on any atom is -0.389 e. The van der Waals surface area contributed by atoms with Crippen LogP contribution in [0.5, 0.6) is 0 Å². The van der Waals surface area contributed by atoms with Gasteiger partial charge < -0.3 is 15.3 Å². The second-order valence-corrected chi connectivity index (χ2v) is 8.23. The highest BCUT2D eigenvalue weighted by molar-refractivity contribution is 7.99. The van der Waals surface area contributed by atoms with E-state index in [0.29, 0.717) is 6.54 Å². The van der Waals surface area contributed by atoms with Gasteiger partial charge in [0.2, 0.25) is 5.91 Å². The Kier molecular flexibility index (Phi) is 6.06. The van der Waals surface area contributed by atoms with E-state index in [-0.39, 0.29) is 12.3 Å². The number of carbonyl (C=O) groups is 1. The number of rotatable bonds is 5. The Balaban J connectivity index is 1.46. The molecule has 1 heterocycles. The highest BCUT2D eigenvalue weighted by atomic mass is 32.2. The summed E-state index contributed by atoms with van der Waals surface area (Å²) < 4.78 is 0. The first kappa shape index (κ1) is 17.6. The molecule has 0 aromatic heterocycles. The predicted molar refractivity (Wildman–Crippen MR) is 100 cm³/mol. The highest BCUT2D eigenvalue weighted by Gasteiger charge is 2.31. The number of benzene rings is 1. The smallest absolute Gasteiger partial charge is 0.223 e. The molecule has 2 fully saturated rings. The van der Waals surface area contributed by atoms with Gasteiger partial charge >= 0.3 is 0 Å². The van der Waals surface area contributed by atoms with Gasteiger partial charge in [0.1, 0.15) is 0 Å². The average Bonchev–Trinajstić information content (AvgIpc) is 2.61. The molecule has 0 radical (unpaired) electrons. The van der Waals surface area contributed by atoms with E-state index >= 15 is 0 Å². The molecule has 1 aliphatic carbocycles. The van der Waals surface area contributed by atoms with Gasteiger partial charge in [0.15, 0.2) is 0 Å². The van der Waals surface area contributed by atoms with Crippen LogP contribution in [-0.4, -0.2) is 41.2 Å².